The van der Waals surface area contributed by atoms with Crippen LogP contribution in [0.2, 0.25) is 0 Å². The van der Waals surface area contributed by atoms with Gasteiger partial charge in [0.05, 0.1) is 17.9 Å². The Bertz CT molecular complexity index is 1180. The standard InChI is InChI=1S/C26H25N3O/c1-19-16-20(2)29(27-19)18-21-10-9-13-23(17-21)26(30)28(3)25-15-8-7-14-24(25)22-11-5-4-6-12-22/h4-17H,18H2,1-3H3. The molecule has 0 spiro atoms. The second-order valence-corrected chi connectivity index (χ2v) is 7.53. The van der Waals surface area contributed by atoms with E-state index < -0.39 is 0 Å². The van der Waals surface area contributed by atoms with Crippen LogP contribution in [0, 0.1) is 13.8 Å². The number of amides is 1. The first-order valence-electron chi connectivity index (χ1n) is 10.1. The predicted octanol–water partition coefficient (Wildman–Crippen LogP) is 5.49. The quantitative estimate of drug-likeness (QED) is 0.448. The molecule has 0 N–H and O–H groups in total. The molecule has 0 fully saturated rings. The molecule has 4 rings (SSSR count). The highest BCUT2D eigenvalue weighted by atomic mass is 16.2. The van der Waals surface area contributed by atoms with E-state index in [9.17, 15) is 4.79 Å². The number of carbonyl (C=O) groups excluding carboxylic acids is 1. The third-order valence-electron chi connectivity index (χ3n) is 5.26. The van der Waals surface area contributed by atoms with Gasteiger partial charge < -0.3 is 4.90 Å². The summed E-state index contributed by atoms with van der Waals surface area (Å²) in [5.41, 5.74) is 6.84. The zero-order valence-corrected chi connectivity index (χ0v) is 17.5. The van der Waals surface area contributed by atoms with Crippen molar-refractivity contribution < 1.29 is 4.79 Å². The van der Waals surface area contributed by atoms with Crippen LogP contribution < -0.4 is 4.90 Å². The summed E-state index contributed by atoms with van der Waals surface area (Å²) in [5, 5.41) is 4.53. The number of aromatic nitrogens is 2. The number of benzene rings is 3. The van der Waals surface area contributed by atoms with E-state index in [1.807, 2.05) is 92.3 Å². The largest absolute Gasteiger partial charge is 0.311 e. The van der Waals surface area contributed by atoms with Crippen molar-refractivity contribution in [3.05, 3.63) is 107 Å². The van der Waals surface area contributed by atoms with Crippen LogP contribution in [-0.2, 0) is 6.54 Å². The first kappa shape index (κ1) is 19.6. The van der Waals surface area contributed by atoms with Gasteiger partial charge in [-0.3, -0.25) is 9.48 Å². The molecule has 0 bridgehead atoms. The van der Waals surface area contributed by atoms with Gasteiger partial charge in [-0.05, 0) is 49.2 Å². The number of hydrogen-bond donors (Lipinski definition) is 0. The molecule has 0 unspecified atom stereocenters. The van der Waals surface area contributed by atoms with E-state index in [2.05, 4.69) is 23.3 Å². The van der Waals surface area contributed by atoms with Gasteiger partial charge in [0, 0.05) is 23.9 Å². The summed E-state index contributed by atoms with van der Waals surface area (Å²) in [6.07, 6.45) is 0. The second kappa shape index (κ2) is 8.37. The van der Waals surface area contributed by atoms with Crippen molar-refractivity contribution in [2.24, 2.45) is 0 Å². The molecule has 0 aliphatic carbocycles. The van der Waals surface area contributed by atoms with Crippen LogP contribution in [0.4, 0.5) is 5.69 Å². The number of para-hydroxylation sites is 1. The molecule has 0 atom stereocenters. The lowest BCUT2D eigenvalue weighted by Gasteiger charge is -2.21. The number of carbonyl (C=O) groups is 1. The molecule has 0 radical (unpaired) electrons. The first-order valence-corrected chi connectivity index (χ1v) is 10.1. The maximum atomic E-state index is 13.3. The fraction of sp³-hybridized carbons (Fsp3) is 0.154. The number of anilines is 1. The average Bonchev–Trinajstić information content (AvgIpc) is 3.10. The minimum absolute atomic E-state index is 0.0337. The predicted molar refractivity (Wildman–Crippen MR) is 122 cm³/mol. The lowest BCUT2D eigenvalue weighted by molar-refractivity contribution is 0.0993. The Morgan fingerprint density at radius 3 is 2.37 bits per heavy atom. The molecule has 4 heteroatoms. The van der Waals surface area contributed by atoms with Crippen molar-refractivity contribution in [1.29, 1.82) is 0 Å². The summed E-state index contributed by atoms with van der Waals surface area (Å²) in [6, 6.07) is 28.0. The van der Waals surface area contributed by atoms with Crippen molar-refractivity contribution in [3.63, 3.8) is 0 Å². The third kappa shape index (κ3) is 4.03. The van der Waals surface area contributed by atoms with Crippen LogP contribution in [0.3, 0.4) is 0 Å². The minimum Gasteiger partial charge on any atom is -0.311 e. The highest BCUT2D eigenvalue weighted by Crippen LogP contribution is 2.30. The van der Waals surface area contributed by atoms with Gasteiger partial charge in [0.15, 0.2) is 0 Å². The van der Waals surface area contributed by atoms with Crippen LogP contribution in [0.15, 0.2) is 84.9 Å². The van der Waals surface area contributed by atoms with Crippen LogP contribution >= 0.6 is 0 Å². The normalized spacial score (nSPS) is 10.8. The summed E-state index contributed by atoms with van der Waals surface area (Å²) < 4.78 is 1.97. The number of rotatable bonds is 5. The Kier molecular flexibility index (Phi) is 5.48. The molecule has 4 nitrogen and oxygen atoms in total. The van der Waals surface area contributed by atoms with Crippen molar-refractivity contribution in [2.75, 3.05) is 11.9 Å². The minimum atomic E-state index is -0.0337. The van der Waals surface area contributed by atoms with E-state index in [-0.39, 0.29) is 5.91 Å². The molecule has 30 heavy (non-hydrogen) atoms. The smallest absolute Gasteiger partial charge is 0.258 e. The van der Waals surface area contributed by atoms with Gasteiger partial charge in [-0.25, -0.2) is 0 Å². The lowest BCUT2D eigenvalue weighted by Crippen LogP contribution is -2.26. The molecule has 3 aromatic carbocycles. The fourth-order valence-electron chi connectivity index (χ4n) is 3.74. The molecule has 0 saturated heterocycles. The summed E-state index contributed by atoms with van der Waals surface area (Å²) in [7, 11) is 1.83. The molecular formula is C26H25N3O. The monoisotopic (exact) mass is 395 g/mol. The second-order valence-electron chi connectivity index (χ2n) is 7.53. The highest BCUT2D eigenvalue weighted by molar-refractivity contribution is 6.07. The van der Waals surface area contributed by atoms with E-state index in [1.165, 1.54) is 0 Å². The van der Waals surface area contributed by atoms with Crippen LogP contribution in [-0.4, -0.2) is 22.7 Å². The number of hydrogen-bond acceptors (Lipinski definition) is 2. The molecule has 1 amide bonds. The maximum absolute atomic E-state index is 13.3. The first-order chi connectivity index (χ1) is 14.5. The van der Waals surface area contributed by atoms with Crippen LogP contribution in [0.25, 0.3) is 11.1 Å². The maximum Gasteiger partial charge on any atom is 0.258 e. The summed E-state index contributed by atoms with van der Waals surface area (Å²) in [5.74, 6) is -0.0337. The fourth-order valence-corrected chi connectivity index (χ4v) is 3.74. The SMILES string of the molecule is Cc1cc(C)n(Cc2cccc(C(=O)N(C)c3ccccc3-c3ccccc3)c2)n1. The van der Waals surface area contributed by atoms with Crippen LogP contribution in [0.1, 0.15) is 27.3 Å². The highest BCUT2D eigenvalue weighted by Gasteiger charge is 2.17. The van der Waals surface area contributed by atoms with Crippen molar-refractivity contribution in [1.82, 2.24) is 9.78 Å². The Balaban J connectivity index is 1.62. The van der Waals surface area contributed by atoms with E-state index in [0.29, 0.717) is 12.1 Å². The average molecular weight is 396 g/mol. The van der Waals surface area contributed by atoms with Gasteiger partial charge >= 0.3 is 0 Å². The topological polar surface area (TPSA) is 38.1 Å². The number of nitrogens with zero attached hydrogens (tertiary/aromatic N) is 3. The van der Waals surface area contributed by atoms with E-state index >= 15 is 0 Å². The van der Waals surface area contributed by atoms with Gasteiger partial charge in [-0.1, -0.05) is 60.7 Å². The van der Waals surface area contributed by atoms with E-state index in [1.54, 1.807) is 4.90 Å². The third-order valence-corrected chi connectivity index (χ3v) is 5.26. The van der Waals surface area contributed by atoms with Gasteiger partial charge in [0.25, 0.3) is 5.91 Å². The Morgan fingerprint density at radius 1 is 0.900 bits per heavy atom. The van der Waals surface area contributed by atoms with Gasteiger partial charge in [0.2, 0.25) is 0 Å². The van der Waals surface area contributed by atoms with Crippen LogP contribution in [0.5, 0.6) is 0 Å². The molecule has 0 aliphatic heterocycles. The molecule has 1 aromatic heterocycles. The summed E-state index contributed by atoms with van der Waals surface area (Å²) >= 11 is 0. The molecular weight excluding hydrogens is 370 g/mol. The Morgan fingerprint density at radius 2 is 1.63 bits per heavy atom. The summed E-state index contributed by atoms with van der Waals surface area (Å²) in [4.78, 5) is 15.0. The molecule has 1 heterocycles. The Hall–Kier alpha value is -3.66. The molecule has 150 valence electrons. The van der Waals surface area contributed by atoms with Crippen molar-refractivity contribution in [2.45, 2.75) is 20.4 Å². The van der Waals surface area contributed by atoms with Gasteiger partial charge in [-0.15, -0.1) is 0 Å². The van der Waals surface area contributed by atoms with E-state index in [4.69, 9.17) is 0 Å². The zero-order chi connectivity index (χ0) is 21.1. The lowest BCUT2D eigenvalue weighted by atomic mass is 10.0. The number of aryl methyl sites for hydroxylation is 2. The zero-order valence-electron chi connectivity index (χ0n) is 17.5. The Labute approximate surface area is 177 Å². The van der Waals surface area contributed by atoms with Crippen molar-refractivity contribution in [3.8, 4) is 11.1 Å². The molecule has 4 aromatic rings. The summed E-state index contributed by atoms with van der Waals surface area (Å²) in [6.45, 7) is 4.68. The van der Waals surface area contributed by atoms with Crippen molar-refractivity contribution >= 4 is 11.6 Å². The molecule has 0 aliphatic rings. The van der Waals surface area contributed by atoms with E-state index in [0.717, 1.165) is 33.8 Å². The van der Waals surface area contributed by atoms with Gasteiger partial charge in [0.1, 0.15) is 0 Å². The molecule has 0 saturated carbocycles. The van der Waals surface area contributed by atoms with Gasteiger partial charge in [-0.2, -0.15) is 5.10 Å².